The molecule has 12 heavy (non-hydrogen) atoms. The van der Waals surface area contributed by atoms with Gasteiger partial charge in [-0.25, -0.2) is 0 Å². The quantitative estimate of drug-likeness (QED) is 0.171. The van der Waals surface area contributed by atoms with E-state index in [0.717, 1.165) is 0 Å². The zero-order valence-electron chi connectivity index (χ0n) is 7.40. The van der Waals surface area contributed by atoms with Gasteiger partial charge in [-0.15, -0.1) is 0 Å². The lowest BCUT2D eigenvalue weighted by molar-refractivity contribution is 0.515. The summed E-state index contributed by atoms with van der Waals surface area (Å²) in [6, 6.07) is 0. The van der Waals surface area contributed by atoms with Gasteiger partial charge in [0.1, 0.15) is 12.1 Å². The molecule has 78 valence electrons. The third kappa shape index (κ3) is 7120. The molecule has 0 aliphatic rings. The van der Waals surface area contributed by atoms with Gasteiger partial charge >= 0.3 is 0 Å². The molecule has 0 saturated heterocycles. The first kappa shape index (κ1) is 17.7. The van der Waals surface area contributed by atoms with Gasteiger partial charge in [-0.1, -0.05) is 0 Å². The average Bonchev–Trinajstić information content (AvgIpc) is 1.56. The Labute approximate surface area is 72.6 Å². The maximum atomic E-state index is 4.91. The topological polar surface area (TPSA) is 208 Å². The van der Waals surface area contributed by atoms with E-state index >= 15 is 0 Å². The number of rotatable bonds is 0. The van der Waals surface area contributed by atoms with Gasteiger partial charge in [0, 0.05) is 6.67 Å². The minimum atomic E-state index is -1.00. The van der Waals surface area contributed by atoms with E-state index in [1.807, 2.05) is 0 Å². The first-order valence-corrected chi connectivity index (χ1v) is 3.18. The Balaban J connectivity index is -0.000000105. The molecular weight excluding hydrogens is 160 g/mol. The fourth-order valence-corrected chi connectivity index (χ4v) is 0. The van der Waals surface area contributed by atoms with Gasteiger partial charge in [-0.05, 0) is 6.92 Å². The summed E-state index contributed by atoms with van der Waals surface area (Å²) in [4.78, 5) is 0. The lowest BCUT2D eigenvalue weighted by Crippen LogP contribution is -2.54. The Morgan fingerprint density at radius 1 is 1.00 bits per heavy atom. The molecule has 0 fully saturated rings. The Morgan fingerprint density at radius 2 is 1.00 bits per heavy atom. The minimum absolute atomic E-state index is 0.250. The van der Waals surface area contributed by atoms with Crippen LogP contribution >= 0.6 is 0 Å². The van der Waals surface area contributed by atoms with Crippen LogP contribution in [0.2, 0.25) is 0 Å². The molecule has 0 heterocycles. The van der Waals surface area contributed by atoms with Crippen molar-refractivity contribution in [3.63, 3.8) is 0 Å². The molecule has 0 spiro atoms. The van der Waals surface area contributed by atoms with Crippen molar-refractivity contribution in [1.29, 1.82) is 0 Å². The van der Waals surface area contributed by atoms with E-state index in [4.69, 9.17) is 17.2 Å². The summed E-state index contributed by atoms with van der Waals surface area (Å²) in [5, 5.41) is 0. The van der Waals surface area contributed by atoms with Crippen LogP contribution in [0, 0.1) is 0 Å². The fraction of sp³-hybridized carbons (Fsp3) is 1.00. The van der Waals surface area contributed by atoms with E-state index in [1.165, 1.54) is 6.92 Å². The molecule has 0 aliphatic heterocycles. The second kappa shape index (κ2) is 10.7. The van der Waals surface area contributed by atoms with Crippen LogP contribution in [0.15, 0.2) is 0 Å². The summed E-state index contributed by atoms with van der Waals surface area (Å²) >= 11 is 0. The fourth-order valence-electron chi connectivity index (χ4n) is 0. The van der Waals surface area contributed by atoms with Crippen LogP contribution in [-0.2, 0) is 0 Å². The van der Waals surface area contributed by atoms with Crippen molar-refractivity contribution in [1.82, 2.24) is 0 Å². The first-order chi connectivity index (χ1) is 5.15. The molecule has 0 radical (unpaired) electrons. The Kier molecular flexibility index (Phi) is 15.7. The summed E-state index contributed by atoms with van der Waals surface area (Å²) in [6.07, 6.45) is -0.667. The molecule has 8 heteroatoms. The minimum Gasteiger partial charge on any atom is -0.319 e. The third-order valence-electron chi connectivity index (χ3n) is 0. The van der Waals surface area contributed by atoms with E-state index < -0.39 is 12.1 Å². The average molecular weight is 182 g/mol. The summed E-state index contributed by atoms with van der Waals surface area (Å²) in [5.74, 6) is -1.00. The van der Waals surface area contributed by atoms with Crippen LogP contribution in [0.5, 0.6) is 0 Å². The van der Waals surface area contributed by atoms with Crippen molar-refractivity contribution in [3.05, 3.63) is 0 Å². The SMILES string of the molecule is CC(N)(N)N.NC(N)N.NCN. The molecule has 0 aromatic heterocycles. The summed E-state index contributed by atoms with van der Waals surface area (Å²) in [6.45, 7) is 1.77. The van der Waals surface area contributed by atoms with Crippen molar-refractivity contribution in [2.75, 3.05) is 6.67 Å². The van der Waals surface area contributed by atoms with Crippen LogP contribution in [0.1, 0.15) is 6.92 Å². The van der Waals surface area contributed by atoms with Gasteiger partial charge < -0.3 is 45.9 Å². The molecule has 0 bridgehead atoms. The zero-order valence-corrected chi connectivity index (χ0v) is 7.40. The second-order valence-electron chi connectivity index (χ2n) is 2.18. The molecule has 0 saturated carbocycles. The van der Waals surface area contributed by atoms with E-state index in [0.29, 0.717) is 0 Å². The zero-order chi connectivity index (χ0) is 10.8. The largest absolute Gasteiger partial charge is 0.319 e. The standard InChI is InChI=1S/C2H9N3.CH7N3.CH6N2/c1-2(3,4)5;2-1(3)4;2-1-3/h3-5H2,1H3;1H,2-4H2;1-3H2. The molecule has 0 aliphatic carbocycles. The van der Waals surface area contributed by atoms with Gasteiger partial charge in [-0.2, -0.15) is 0 Å². The monoisotopic (exact) mass is 182 g/mol. The van der Waals surface area contributed by atoms with Crippen molar-refractivity contribution in [3.8, 4) is 0 Å². The Bertz CT molecular complexity index is 57.2. The van der Waals surface area contributed by atoms with Gasteiger partial charge in [0.2, 0.25) is 0 Å². The molecule has 0 amide bonds. The molecule has 8 nitrogen and oxygen atoms in total. The lowest BCUT2D eigenvalue weighted by atomic mass is 10.5. The van der Waals surface area contributed by atoms with Crippen LogP contribution in [0.25, 0.3) is 0 Å². The third-order valence-corrected chi connectivity index (χ3v) is 0. The predicted octanol–water partition coefficient (Wildman–Crippen LogP) is -4.46. The second-order valence-corrected chi connectivity index (χ2v) is 2.18. The van der Waals surface area contributed by atoms with Gasteiger partial charge in [0.05, 0.1) is 0 Å². The first-order valence-electron chi connectivity index (χ1n) is 3.18. The van der Waals surface area contributed by atoms with Crippen LogP contribution < -0.4 is 45.9 Å². The highest BCUT2D eigenvalue weighted by molar-refractivity contribution is 4.54. The Morgan fingerprint density at radius 3 is 1.00 bits per heavy atom. The van der Waals surface area contributed by atoms with Gasteiger partial charge in [0.25, 0.3) is 0 Å². The molecule has 0 aromatic rings. The maximum Gasteiger partial charge on any atom is 0.112 e. The van der Waals surface area contributed by atoms with Crippen molar-refractivity contribution >= 4 is 0 Å². The summed E-state index contributed by atoms with van der Waals surface area (Å²) in [7, 11) is 0. The highest BCUT2D eigenvalue weighted by Crippen LogP contribution is 1.62. The summed E-state index contributed by atoms with van der Waals surface area (Å²) < 4.78 is 0. The number of hydrogen-bond acceptors (Lipinski definition) is 8. The molecule has 0 atom stereocenters. The highest BCUT2D eigenvalue weighted by Gasteiger charge is 1.95. The van der Waals surface area contributed by atoms with Gasteiger partial charge in [-0.3, -0.25) is 0 Å². The molecule has 0 unspecified atom stereocenters. The van der Waals surface area contributed by atoms with E-state index in [9.17, 15) is 0 Å². The molecule has 0 aromatic carbocycles. The Hall–Kier alpha value is -0.320. The summed E-state index contributed by atoms with van der Waals surface area (Å²) in [5.41, 5.74) is 38.0. The van der Waals surface area contributed by atoms with E-state index in [2.05, 4.69) is 28.7 Å². The predicted molar refractivity (Wildman–Crippen MR) is 50.6 cm³/mol. The van der Waals surface area contributed by atoms with E-state index in [-0.39, 0.29) is 6.67 Å². The highest BCUT2D eigenvalue weighted by atomic mass is 15.1. The van der Waals surface area contributed by atoms with Crippen LogP contribution in [0.4, 0.5) is 0 Å². The van der Waals surface area contributed by atoms with Crippen LogP contribution in [0.3, 0.4) is 0 Å². The van der Waals surface area contributed by atoms with Crippen molar-refractivity contribution in [2.24, 2.45) is 45.9 Å². The molecule has 0 rings (SSSR count). The molecular formula is C4H22N8. The lowest BCUT2D eigenvalue weighted by Gasteiger charge is -2.07. The van der Waals surface area contributed by atoms with Gasteiger partial charge in [0.15, 0.2) is 0 Å². The number of hydrogen-bond donors (Lipinski definition) is 8. The normalized spacial score (nSPS) is 9.50. The van der Waals surface area contributed by atoms with Crippen LogP contribution in [-0.4, -0.2) is 18.7 Å². The van der Waals surface area contributed by atoms with Crippen molar-refractivity contribution in [2.45, 2.75) is 19.0 Å². The number of nitrogens with two attached hydrogens (primary N) is 8. The van der Waals surface area contributed by atoms with E-state index in [1.54, 1.807) is 0 Å². The molecule has 16 N–H and O–H groups in total. The van der Waals surface area contributed by atoms with Crippen molar-refractivity contribution < 1.29 is 0 Å². The smallest absolute Gasteiger partial charge is 0.112 e. The maximum absolute atomic E-state index is 4.91.